The van der Waals surface area contributed by atoms with E-state index in [4.69, 9.17) is 44.2 Å². The zero-order valence-corrected chi connectivity index (χ0v) is 31.5. The average Bonchev–Trinajstić information content (AvgIpc) is 3.12. The highest BCUT2D eigenvalue weighted by atomic mass is 35.5. The zero-order valence-electron chi connectivity index (χ0n) is 30.0. The topological polar surface area (TPSA) is 115 Å². The van der Waals surface area contributed by atoms with Crippen LogP contribution in [0.25, 0.3) is 27.0 Å². The van der Waals surface area contributed by atoms with Gasteiger partial charge in [0.15, 0.2) is 0 Å². The molecule has 51 heavy (non-hydrogen) atoms. The lowest BCUT2D eigenvalue weighted by molar-refractivity contribution is -0.112. The maximum atomic E-state index is 14.4. The smallest absolute Gasteiger partial charge is 0.260 e. The first kappa shape index (κ1) is 39.2. The van der Waals surface area contributed by atoms with Gasteiger partial charge < -0.3 is 25.0 Å². The first-order valence-electron chi connectivity index (χ1n) is 17.0. The monoisotopic (exact) mass is 733 g/mol. The summed E-state index contributed by atoms with van der Waals surface area (Å²) in [4.78, 5) is 42.1. The second kappa shape index (κ2) is 18.6. The molecule has 0 aliphatic heterocycles. The molecule has 2 N–H and O–H groups in total. The molecule has 11 nitrogen and oxygen atoms in total. The number of fused-ring (bicyclic) bond motifs is 1. The number of unbranched alkanes of at least 4 members (excludes halogenated alkanes) is 1. The van der Waals surface area contributed by atoms with E-state index in [2.05, 4.69) is 39.2 Å². The highest BCUT2D eigenvalue weighted by molar-refractivity contribution is 6.41. The van der Waals surface area contributed by atoms with Gasteiger partial charge in [0.25, 0.3) is 11.5 Å². The van der Waals surface area contributed by atoms with Gasteiger partial charge in [-0.05, 0) is 68.6 Å². The molecule has 4 rings (SSSR count). The van der Waals surface area contributed by atoms with Crippen molar-refractivity contribution < 1.29 is 14.3 Å². The van der Waals surface area contributed by atoms with Crippen LogP contribution in [-0.4, -0.2) is 65.7 Å². The Kier molecular flexibility index (Phi) is 14.3. The minimum atomic E-state index is -0.458. The molecule has 0 aliphatic carbocycles. The van der Waals surface area contributed by atoms with Crippen LogP contribution >= 0.6 is 23.2 Å². The van der Waals surface area contributed by atoms with Crippen LogP contribution in [0.4, 0.5) is 11.6 Å². The number of amides is 1. The molecular formula is C38H45Cl2N7O4. The van der Waals surface area contributed by atoms with Crippen LogP contribution in [0.15, 0.2) is 59.2 Å². The molecule has 0 radical (unpaired) electrons. The zero-order chi connectivity index (χ0) is 37.1. The quantitative estimate of drug-likeness (QED) is 0.0639. The molecule has 0 fully saturated rings. The molecule has 2 aromatic carbocycles. The van der Waals surface area contributed by atoms with Gasteiger partial charge in [0.1, 0.15) is 17.1 Å². The second-order valence-corrected chi connectivity index (χ2v) is 13.0. The first-order chi connectivity index (χ1) is 24.5. The van der Waals surface area contributed by atoms with Crippen LogP contribution in [0.5, 0.6) is 11.5 Å². The fourth-order valence-electron chi connectivity index (χ4n) is 5.62. The summed E-state index contributed by atoms with van der Waals surface area (Å²) >= 11 is 13.5. The van der Waals surface area contributed by atoms with E-state index < -0.39 is 5.91 Å². The number of methoxy groups -OCH3 is 2. The molecule has 2 aromatic heterocycles. The lowest BCUT2D eigenvalue weighted by atomic mass is 10.0. The second-order valence-electron chi connectivity index (χ2n) is 12.2. The summed E-state index contributed by atoms with van der Waals surface area (Å²) in [5.41, 5.74) is 2.17. The summed E-state index contributed by atoms with van der Waals surface area (Å²) < 4.78 is 12.6. The number of rotatable bonds is 17. The van der Waals surface area contributed by atoms with Crippen molar-refractivity contribution in [2.45, 2.75) is 53.5 Å². The third kappa shape index (κ3) is 9.79. The van der Waals surface area contributed by atoms with E-state index in [0.717, 1.165) is 38.0 Å². The van der Waals surface area contributed by atoms with Crippen molar-refractivity contribution in [3.8, 4) is 22.6 Å². The lowest BCUT2D eigenvalue weighted by Gasteiger charge is -2.18. The number of aromatic nitrogens is 3. The largest absolute Gasteiger partial charge is 0.495 e. The molecule has 270 valence electrons. The number of hydrogen-bond acceptors (Lipinski definition) is 8. The number of allylic oxidation sites excluding steroid dienone is 1. The number of carbonyl (C=O) groups is 1. The Hall–Kier alpha value is -4.63. The number of hydrogen-bond donors (Lipinski definition) is 2. The summed E-state index contributed by atoms with van der Waals surface area (Å²) in [6.45, 7) is 19.5. The van der Waals surface area contributed by atoms with Crippen molar-refractivity contribution in [2.75, 3.05) is 51.0 Å². The van der Waals surface area contributed by atoms with E-state index in [1.54, 1.807) is 41.1 Å². The number of anilines is 2. The highest BCUT2D eigenvalue weighted by Gasteiger charge is 2.23. The molecule has 2 heterocycles. The summed E-state index contributed by atoms with van der Waals surface area (Å²) in [7, 11) is 2.96. The van der Waals surface area contributed by atoms with Gasteiger partial charge in [-0.15, -0.1) is 0 Å². The molecule has 0 unspecified atom stereocenters. The summed E-state index contributed by atoms with van der Waals surface area (Å²) in [5, 5.41) is 7.07. The summed E-state index contributed by atoms with van der Waals surface area (Å²) in [6, 6.07) is 10.6. The van der Waals surface area contributed by atoms with Crippen molar-refractivity contribution in [3.05, 3.63) is 91.7 Å². The molecule has 13 heteroatoms. The Morgan fingerprint density at radius 2 is 1.73 bits per heavy atom. The standard InChI is InChI=1S/C38H45Cl2N7O4/c1-8-46(9-2)18-11-10-17-42-38-43-23-26-21-28(32-33(39)30(50-6)22-31(51-7)34(32)40)37(49)47(35(26)45-38)19-16-25-12-14-27(15-13-25)44-36(48)29(41-5)20-24(3)4/h12-15,20-24H,8-11,16-19H2,1-4,6-7H3,(H,44,48)(H,42,43,45). The summed E-state index contributed by atoms with van der Waals surface area (Å²) in [5.74, 6) is 0.659. The van der Waals surface area contributed by atoms with Crippen LogP contribution in [-0.2, 0) is 17.8 Å². The Balaban J connectivity index is 1.68. The van der Waals surface area contributed by atoms with Crippen LogP contribution in [0.1, 0.15) is 46.1 Å². The van der Waals surface area contributed by atoms with E-state index in [-0.39, 0.29) is 44.9 Å². The number of pyridine rings is 1. The minimum absolute atomic E-state index is 0.0459. The Morgan fingerprint density at radius 3 is 2.31 bits per heavy atom. The van der Waals surface area contributed by atoms with Gasteiger partial charge in [-0.2, -0.15) is 4.98 Å². The molecule has 1 amide bonds. The molecule has 4 aromatic rings. The number of aryl methyl sites for hydroxylation is 2. The van der Waals surface area contributed by atoms with Crippen LogP contribution in [0.2, 0.25) is 10.0 Å². The van der Waals surface area contributed by atoms with E-state index in [1.165, 1.54) is 14.2 Å². The van der Waals surface area contributed by atoms with Gasteiger partial charge in [-0.25, -0.2) is 9.83 Å². The van der Waals surface area contributed by atoms with E-state index in [1.807, 2.05) is 26.0 Å². The van der Waals surface area contributed by atoms with Gasteiger partial charge in [0, 0.05) is 42.0 Å². The molecule has 0 saturated carbocycles. The van der Waals surface area contributed by atoms with Crippen molar-refractivity contribution >= 4 is 51.8 Å². The predicted molar refractivity (Wildman–Crippen MR) is 206 cm³/mol. The highest BCUT2D eigenvalue weighted by Crippen LogP contribution is 2.45. The maximum Gasteiger partial charge on any atom is 0.260 e. The maximum absolute atomic E-state index is 14.4. The van der Waals surface area contributed by atoms with Gasteiger partial charge >= 0.3 is 0 Å². The predicted octanol–water partition coefficient (Wildman–Crippen LogP) is 7.96. The van der Waals surface area contributed by atoms with E-state index in [9.17, 15) is 9.59 Å². The average molecular weight is 735 g/mol. The van der Waals surface area contributed by atoms with Gasteiger partial charge in [0.05, 0.1) is 36.4 Å². The number of nitrogens with zero attached hydrogens (tertiary/aromatic N) is 5. The SMILES string of the molecule is [C-]#[N+]C(=CC(C)C)C(=O)Nc1ccc(CCn2c(=O)c(-c3c(Cl)c(OC)cc(OC)c3Cl)cc3cnc(NCCCCN(CC)CC)nc32)cc1. The number of ether oxygens (including phenoxy) is 2. The van der Waals surface area contributed by atoms with E-state index in [0.29, 0.717) is 47.1 Å². The molecule has 0 atom stereocenters. The molecule has 0 aliphatic rings. The molecular weight excluding hydrogens is 689 g/mol. The van der Waals surface area contributed by atoms with Gasteiger partial charge in [-0.3, -0.25) is 14.2 Å². The van der Waals surface area contributed by atoms with Crippen LogP contribution < -0.4 is 25.7 Å². The Labute approximate surface area is 309 Å². The van der Waals surface area contributed by atoms with Crippen molar-refractivity contribution in [1.82, 2.24) is 19.4 Å². The Bertz CT molecular complexity index is 1940. The van der Waals surface area contributed by atoms with Crippen LogP contribution in [0.3, 0.4) is 0 Å². The van der Waals surface area contributed by atoms with Gasteiger partial charge in [0.2, 0.25) is 11.6 Å². The fourth-order valence-corrected chi connectivity index (χ4v) is 6.33. The fraction of sp³-hybridized carbons (Fsp3) is 0.395. The lowest BCUT2D eigenvalue weighted by Crippen LogP contribution is -2.25. The Morgan fingerprint density at radius 1 is 1.06 bits per heavy atom. The minimum Gasteiger partial charge on any atom is -0.495 e. The van der Waals surface area contributed by atoms with E-state index >= 15 is 0 Å². The van der Waals surface area contributed by atoms with Crippen molar-refractivity contribution in [2.24, 2.45) is 5.92 Å². The van der Waals surface area contributed by atoms with Crippen molar-refractivity contribution in [1.29, 1.82) is 0 Å². The molecule has 0 saturated heterocycles. The molecule has 0 bridgehead atoms. The third-order valence-electron chi connectivity index (χ3n) is 8.43. The first-order valence-corrected chi connectivity index (χ1v) is 17.8. The third-order valence-corrected chi connectivity index (χ3v) is 9.18. The normalized spacial score (nSPS) is 11.6. The number of carbonyl (C=O) groups excluding carboxylic acids is 1. The van der Waals surface area contributed by atoms with Crippen LogP contribution in [0, 0.1) is 12.5 Å². The number of halogens is 2. The van der Waals surface area contributed by atoms with Gasteiger partial charge in [-0.1, -0.05) is 69.1 Å². The number of nitrogens with one attached hydrogen (secondary N) is 2. The summed E-state index contributed by atoms with van der Waals surface area (Å²) in [6.07, 6.45) is 5.77. The number of benzene rings is 2. The van der Waals surface area contributed by atoms with Crippen molar-refractivity contribution in [3.63, 3.8) is 0 Å². The molecule has 0 spiro atoms.